The van der Waals surface area contributed by atoms with E-state index in [4.69, 9.17) is 16.3 Å². The first-order chi connectivity index (χ1) is 12.2. The quantitative estimate of drug-likeness (QED) is 0.345. The van der Waals surface area contributed by atoms with Crippen molar-refractivity contribution in [3.8, 4) is 0 Å². The van der Waals surface area contributed by atoms with Gasteiger partial charge in [-0.25, -0.2) is 4.79 Å². The number of amides is 1. The lowest BCUT2D eigenvalue weighted by molar-refractivity contribution is -0.111. The second-order valence-electron chi connectivity index (χ2n) is 6.28. The van der Waals surface area contributed by atoms with E-state index in [9.17, 15) is 9.59 Å². The van der Waals surface area contributed by atoms with Crippen LogP contribution in [-0.2, 0) is 16.1 Å². The van der Waals surface area contributed by atoms with Crippen LogP contribution in [0.25, 0.3) is 0 Å². The van der Waals surface area contributed by atoms with Gasteiger partial charge in [0.1, 0.15) is 6.61 Å². The number of unbranched alkanes of at least 4 members (excludes halogenated alkanes) is 8. The van der Waals surface area contributed by atoms with Gasteiger partial charge >= 0.3 is 6.09 Å². The molecule has 0 heterocycles. The standard InChI is InChI=1S/C20H30ClNO3/c21-19(23)15-11-6-4-2-1-3-5-7-12-16-22-20(24)25-17-18-13-9-8-10-14-18/h8-10,13-14H,1-7,11-12,15-17H2,(H,22,24). The maximum atomic E-state index is 11.6. The summed E-state index contributed by atoms with van der Waals surface area (Å²) in [5, 5.41) is 2.56. The lowest BCUT2D eigenvalue weighted by Gasteiger charge is -2.07. The third-order valence-electron chi connectivity index (χ3n) is 4.03. The zero-order valence-corrected chi connectivity index (χ0v) is 15.7. The van der Waals surface area contributed by atoms with Gasteiger partial charge in [-0.2, -0.15) is 0 Å². The maximum absolute atomic E-state index is 11.6. The fourth-order valence-corrected chi connectivity index (χ4v) is 2.72. The molecule has 0 atom stereocenters. The smallest absolute Gasteiger partial charge is 0.407 e. The molecule has 0 aliphatic rings. The van der Waals surface area contributed by atoms with Crippen molar-refractivity contribution in [2.75, 3.05) is 6.54 Å². The fraction of sp³-hybridized carbons (Fsp3) is 0.600. The molecule has 1 aromatic rings. The number of carbonyl (C=O) groups is 2. The Labute approximate surface area is 156 Å². The van der Waals surface area contributed by atoms with Crippen molar-refractivity contribution in [1.29, 1.82) is 0 Å². The highest BCUT2D eigenvalue weighted by molar-refractivity contribution is 6.63. The molecule has 0 aromatic heterocycles. The Kier molecular flexibility index (Phi) is 12.7. The lowest BCUT2D eigenvalue weighted by Crippen LogP contribution is -2.25. The second kappa shape index (κ2) is 14.8. The van der Waals surface area contributed by atoms with Crippen LogP contribution in [0.3, 0.4) is 0 Å². The van der Waals surface area contributed by atoms with Crippen LogP contribution >= 0.6 is 11.6 Å². The van der Waals surface area contributed by atoms with Gasteiger partial charge in [0.15, 0.2) is 0 Å². The van der Waals surface area contributed by atoms with E-state index in [-0.39, 0.29) is 11.3 Å². The topological polar surface area (TPSA) is 55.4 Å². The maximum Gasteiger partial charge on any atom is 0.407 e. The third-order valence-corrected chi connectivity index (χ3v) is 4.22. The van der Waals surface area contributed by atoms with Gasteiger partial charge in [-0.1, -0.05) is 75.3 Å². The Bertz CT molecular complexity index is 479. The Hall–Kier alpha value is -1.55. The summed E-state index contributed by atoms with van der Waals surface area (Å²) in [5.41, 5.74) is 0.993. The third kappa shape index (κ3) is 13.4. The SMILES string of the molecule is O=C(Cl)CCCCCCCCCCCNC(=O)OCc1ccccc1. The van der Waals surface area contributed by atoms with Crippen molar-refractivity contribution in [3.63, 3.8) is 0 Å². The molecule has 4 nitrogen and oxygen atoms in total. The Morgan fingerprint density at radius 1 is 0.840 bits per heavy atom. The molecular formula is C20H30ClNO3. The van der Waals surface area contributed by atoms with E-state index in [0.717, 1.165) is 31.2 Å². The van der Waals surface area contributed by atoms with Crippen LogP contribution in [0.2, 0.25) is 0 Å². The minimum atomic E-state index is -0.348. The summed E-state index contributed by atoms with van der Waals surface area (Å²) in [6.45, 7) is 0.978. The molecule has 0 saturated carbocycles. The largest absolute Gasteiger partial charge is 0.445 e. The van der Waals surface area contributed by atoms with Gasteiger partial charge in [-0.15, -0.1) is 0 Å². The zero-order chi connectivity index (χ0) is 18.2. The molecule has 0 aliphatic heterocycles. The van der Waals surface area contributed by atoms with Gasteiger partial charge in [0.2, 0.25) is 5.24 Å². The molecule has 0 aliphatic carbocycles. The van der Waals surface area contributed by atoms with Crippen molar-refractivity contribution in [1.82, 2.24) is 5.32 Å². The van der Waals surface area contributed by atoms with Gasteiger partial charge in [0.25, 0.3) is 0 Å². The van der Waals surface area contributed by atoms with Gasteiger partial charge in [0.05, 0.1) is 0 Å². The van der Waals surface area contributed by atoms with E-state index in [0.29, 0.717) is 19.6 Å². The van der Waals surface area contributed by atoms with E-state index < -0.39 is 0 Å². The van der Waals surface area contributed by atoms with E-state index in [1.54, 1.807) is 0 Å². The number of alkyl carbamates (subject to hydrolysis) is 1. The molecule has 1 rings (SSSR count). The molecule has 5 heteroatoms. The zero-order valence-electron chi connectivity index (χ0n) is 15.0. The second-order valence-corrected chi connectivity index (χ2v) is 6.70. The van der Waals surface area contributed by atoms with Gasteiger partial charge in [0, 0.05) is 13.0 Å². The first-order valence-electron chi connectivity index (χ1n) is 9.31. The molecule has 0 bridgehead atoms. The molecule has 0 saturated heterocycles. The highest BCUT2D eigenvalue weighted by Gasteiger charge is 2.01. The summed E-state index contributed by atoms with van der Waals surface area (Å²) in [6.07, 6.45) is 10.3. The van der Waals surface area contributed by atoms with E-state index in [1.165, 1.54) is 32.1 Å². The first kappa shape index (κ1) is 21.5. The summed E-state index contributed by atoms with van der Waals surface area (Å²) < 4.78 is 5.16. The number of nitrogens with one attached hydrogen (secondary N) is 1. The van der Waals surface area contributed by atoms with E-state index in [1.807, 2.05) is 30.3 Å². The van der Waals surface area contributed by atoms with E-state index in [2.05, 4.69) is 5.32 Å². The van der Waals surface area contributed by atoms with Crippen LogP contribution in [-0.4, -0.2) is 17.9 Å². The van der Waals surface area contributed by atoms with Gasteiger partial charge in [-0.3, -0.25) is 4.79 Å². The molecule has 1 aromatic carbocycles. The summed E-state index contributed by atoms with van der Waals surface area (Å²) in [7, 11) is 0. The Morgan fingerprint density at radius 3 is 2.00 bits per heavy atom. The number of rotatable bonds is 14. The summed E-state index contributed by atoms with van der Waals surface area (Å²) in [5.74, 6) is 0. The van der Waals surface area contributed by atoms with Gasteiger partial charge in [-0.05, 0) is 30.0 Å². The molecule has 0 spiro atoms. The summed E-state index contributed by atoms with van der Waals surface area (Å²) in [6, 6.07) is 9.66. The lowest BCUT2D eigenvalue weighted by atomic mass is 10.1. The number of benzene rings is 1. The molecule has 0 fully saturated rings. The van der Waals surface area contributed by atoms with Gasteiger partial charge < -0.3 is 10.1 Å². The highest BCUT2D eigenvalue weighted by atomic mass is 35.5. The Morgan fingerprint density at radius 2 is 1.40 bits per heavy atom. The number of halogens is 1. The predicted octanol–water partition coefficient (Wildman–Crippen LogP) is 5.58. The van der Waals surface area contributed by atoms with Crippen LogP contribution in [0.5, 0.6) is 0 Å². The van der Waals surface area contributed by atoms with Crippen LogP contribution in [0.1, 0.15) is 69.8 Å². The van der Waals surface area contributed by atoms with E-state index >= 15 is 0 Å². The minimum Gasteiger partial charge on any atom is -0.445 e. The first-order valence-corrected chi connectivity index (χ1v) is 9.69. The average molecular weight is 368 g/mol. The molecule has 1 amide bonds. The Balaban J connectivity index is 1.82. The van der Waals surface area contributed by atoms with Crippen molar-refractivity contribution in [2.24, 2.45) is 0 Å². The minimum absolute atomic E-state index is 0.224. The van der Waals surface area contributed by atoms with Crippen molar-refractivity contribution in [2.45, 2.75) is 70.8 Å². The molecule has 1 N–H and O–H groups in total. The number of hydrogen-bond donors (Lipinski definition) is 1. The summed E-state index contributed by atoms with van der Waals surface area (Å²) >= 11 is 5.29. The highest BCUT2D eigenvalue weighted by Crippen LogP contribution is 2.11. The van der Waals surface area contributed by atoms with Crippen LogP contribution in [0.4, 0.5) is 4.79 Å². The molecule has 140 valence electrons. The predicted molar refractivity (Wildman–Crippen MR) is 102 cm³/mol. The van der Waals surface area contributed by atoms with Crippen molar-refractivity contribution < 1.29 is 14.3 Å². The number of hydrogen-bond acceptors (Lipinski definition) is 3. The molecule has 0 radical (unpaired) electrons. The molecule has 0 unspecified atom stereocenters. The number of ether oxygens (including phenoxy) is 1. The van der Waals surface area contributed by atoms with Crippen LogP contribution in [0, 0.1) is 0 Å². The van der Waals surface area contributed by atoms with Crippen LogP contribution in [0.15, 0.2) is 30.3 Å². The normalized spacial score (nSPS) is 10.4. The van der Waals surface area contributed by atoms with Crippen LogP contribution < -0.4 is 5.32 Å². The molecule has 25 heavy (non-hydrogen) atoms. The van der Waals surface area contributed by atoms with Crippen molar-refractivity contribution >= 4 is 22.9 Å². The summed E-state index contributed by atoms with van der Waals surface area (Å²) in [4.78, 5) is 22.1. The number of carbonyl (C=O) groups excluding carboxylic acids is 2. The van der Waals surface area contributed by atoms with Crippen molar-refractivity contribution in [3.05, 3.63) is 35.9 Å². The average Bonchev–Trinajstić information content (AvgIpc) is 2.61. The monoisotopic (exact) mass is 367 g/mol. The fourth-order valence-electron chi connectivity index (χ4n) is 2.59. The molecular weight excluding hydrogens is 338 g/mol.